The van der Waals surface area contributed by atoms with E-state index in [0.717, 1.165) is 37.2 Å². The van der Waals surface area contributed by atoms with E-state index in [1.54, 1.807) is 11.7 Å². The summed E-state index contributed by atoms with van der Waals surface area (Å²) in [4.78, 5) is 21.4. The number of fused-ring (bicyclic) bond motifs is 1. The molecule has 0 bridgehead atoms. The molecule has 1 aliphatic rings. The predicted octanol–water partition coefficient (Wildman–Crippen LogP) is 5.32. The number of aryl methyl sites for hydroxylation is 1. The number of piperidine rings is 1. The molecule has 2 aromatic carbocycles. The highest BCUT2D eigenvalue weighted by molar-refractivity contribution is 7.19. The van der Waals surface area contributed by atoms with Crippen molar-refractivity contribution in [3.05, 3.63) is 91.8 Å². The lowest BCUT2D eigenvalue weighted by molar-refractivity contribution is -0.0364. The van der Waals surface area contributed by atoms with Crippen molar-refractivity contribution in [2.45, 2.75) is 38.1 Å². The van der Waals surface area contributed by atoms with Crippen LogP contribution in [0.4, 0.5) is 0 Å². The average molecular weight is 610 g/mol. The molecule has 1 fully saturated rings. The SMILES string of the molecule is Cn1nc2c(=O)n(CC3(O)CCN(Cc4ccc(-c5ccc(Cl)s5)cc4Cl)CC3)cnc2c1-c1ccc(CN)cc1. The van der Waals surface area contributed by atoms with Crippen molar-refractivity contribution >= 4 is 45.6 Å². The van der Waals surface area contributed by atoms with Gasteiger partial charge in [-0.15, -0.1) is 11.3 Å². The van der Waals surface area contributed by atoms with Gasteiger partial charge in [0, 0.05) is 48.7 Å². The van der Waals surface area contributed by atoms with Crippen molar-refractivity contribution in [3.8, 4) is 21.7 Å². The van der Waals surface area contributed by atoms with E-state index >= 15 is 0 Å². The molecule has 1 saturated heterocycles. The van der Waals surface area contributed by atoms with Crippen molar-refractivity contribution in [1.82, 2.24) is 24.2 Å². The summed E-state index contributed by atoms with van der Waals surface area (Å²) < 4.78 is 3.91. The average Bonchev–Trinajstić information content (AvgIpc) is 3.55. The molecule has 6 rings (SSSR count). The molecule has 0 spiro atoms. The molecule has 3 aromatic heterocycles. The van der Waals surface area contributed by atoms with E-state index in [1.165, 1.54) is 22.2 Å². The molecule has 0 atom stereocenters. The largest absolute Gasteiger partial charge is 0.388 e. The number of nitrogens with two attached hydrogens (primary N) is 1. The Hall–Kier alpha value is -3.05. The fraction of sp³-hybridized carbons (Fsp3) is 0.300. The predicted molar refractivity (Wildman–Crippen MR) is 165 cm³/mol. The maximum absolute atomic E-state index is 13.4. The molecule has 212 valence electrons. The molecule has 4 heterocycles. The van der Waals surface area contributed by atoms with Gasteiger partial charge in [-0.05, 0) is 47.7 Å². The second-order valence-electron chi connectivity index (χ2n) is 10.7. The standard InChI is InChI=1S/C30H30Cl2N6O2S/c1-36-28(20-4-2-19(15-33)3-5-20)26-27(35-36)29(39)38(18-34-26)17-30(40)10-12-37(13-11-30)16-22-7-6-21(14-23(22)31)24-8-9-25(32)41-24/h2-9,14,18,40H,10-13,15-17,33H2,1H3. The number of thiophene rings is 1. The Balaban J connectivity index is 1.14. The minimum atomic E-state index is -1.02. The Morgan fingerprint density at radius 2 is 1.76 bits per heavy atom. The van der Waals surface area contributed by atoms with Gasteiger partial charge in [0.15, 0.2) is 5.52 Å². The summed E-state index contributed by atoms with van der Waals surface area (Å²) in [5.74, 6) is 0. The number of rotatable bonds is 7. The highest BCUT2D eigenvalue weighted by Crippen LogP contribution is 2.34. The van der Waals surface area contributed by atoms with E-state index in [9.17, 15) is 9.90 Å². The normalized spacial score (nSPS) is 15.5. The van der Waals surface area contributed by atoms with Gasteiger partial charge >= 0.3 is 0 Å². The molecule has 0 radical (unpaired) electrons. The van der Waals surface area contributed by atoms with Crippen LogP contribution in [0, 0.1) is 0 Å². The molecule has 3 N–H and O–H groups in total. The van der Waals surface area contributed by atoms with Crippen LogP contribution in [-0.4, -0.2) is 48.0 Å². The van der Waals surface area contributed by atoms with Crippen molar-refractivity contribution in [1.29, 1.82) is 0 Å². The number of hydrogen-bond donors (Lipinski definition) is 2. The number of hydrogen-bond acceptors (Lipinski definition) is 7. The lowest BCUT2D eigenvalue weighted by atomic mass is 9.91. The molecule has 8 nitrogen and oxygen atoms in total. The quantitative estimate of drug-likeness (QED) is 0.259. The second-order valence-corrected chi connectivity index (χ2v) is 12.8. The first-order valence-electron chi connectivity index (χ1n) is 13.4. The first kappa shape index (κ1) is 28.1. The fourth-order valence-electron chi connectivity index (χ4n) is 5.47. The van der Waals surface area contributed by atoms with Crippen LogP contribution in [0.25, 0.3) is 32.7 Å². The number of nitrogens with zero attached hydrogens (tertiary/aromatic N) is 5. The first-order chi connectivity index (χ1) is 19.7. The zero-order valence-electron chi connectivity index (χ0n) is 22.6. The van der Waals surface area contributed by atoms with E-state index < -0.39 is 5.60 Å². The van der Waals surface area contributed by atoms with Crippen LogP contribution in [0.2, 0.25) is 9.36 Å². The topological polar surface area (TPSA) is 102 Å². The fourth-order valence-corrected chi connectivity index (χ4v) is 6.75. The number of aliphatic hydroxyl groups is 1. The zero-order valence-corrected chi connectivity index (χ0v) is 24.9. The summed E-state index contributed by atoms with van der Waals surface area (Å²) in [5.41, 5.74) is 10.1. The Bertz CT molecular complexity index is 1770. The van der Waals surface area contributed by atoms with E-state index in [0.29, 0.717) is 49.6 Å². The summed E-state index contributed by atoms with van der Waals surface area (Å²) in [6, 6.07) is 17.8. The lowest BCUT2D eigenvalue weighted by Gasteiger charge is -2.38. The van der Waals surface area contributed by atoms with Crippen molar-refractivity contribution in [2.75, 3.05) is 13.1 Å². The molecule has 1 aliphatic heterocycles. The summed E-state index contributed by atoms with van der Waals surface area (Å²) in [6.07, 6.45) is 2.58. The van der Waals surface area contributed by atoms with Crippen LogP contribution in [0.5, 0.6) is 0 Å². The third-order valence-corrected chi connectivity index (χ3v) is 9.46. The number of benzene rings is 2. The van der Waals surface area contributed by atoms with Gasteiger partial charge in [0.2, 0.25) is 0 Å². The Kier molecular flexibility index (Phi) is 7.76. The smallest absolute Gasteiger partial charge is 0.281 e. The molecule has 41 heavy (non-hydrogen) atoms. The van der Waals surface area contributed by atoms with Crippen LogP contribution in [0.15, 0.2) is 65.7 Å². The molecule has 0 aliphatic carbocycles. The van der Waals surface area contributed by atoms with Crippen molar-refractivity contribution in [3.63, 3.8) is 0 Å². The number of halogens is 2. The summed E-state index contributed by atoms with van der Waals surface area (Å²) >= 11 is 14.2. The van der Waals surface area contributed by atoms with Crippen LogP contribution >= 0.6 is 34.5 Å². The highest BCUT2D eigenvalue weighted by Gasteiger charge is 2.33. The van der Waals surface area contributed by atoms with Crippen LogP contribution in [-0.2, 0) is 26.7 Å². The monoisotopic (exact) mass is 608 g/mol. The van der Waals surface area contributed by atoms with Gasteiger partial charge in [0.25, 0.3) is 5.56 Å². The van der Waals surface area contributed by atoms with Gasteiger partial charge in [0.1, 0.15) is 5.52 Å². The van der Waals surface area contributed by atoms with E-state index in [-0.39, 0.29) is 17.6 Å². The van der Waals surface area contributed by atoms with Gasteiger partial charge in [-0.25, -0.2) is 4.98 Å². The van der Waals surface area contributed by atoms with E-state index in [4.69, 9.17) is 28.9 Å². The van der Waals surface area contributed by atoms with Crippen LogP contribution in [0.3, 0.4) is 0 Å². The third-order valence-electron chi connectivity index (χ3n) is 7.83. The Labute approximate surface area is 251 Å². The minimum Gasteiger partial charge on any atom is -0.388 e. The van der Waals surface area contributed by atoms with Gasteiger partial charge in [0.05, 0.1) is 28.5 Å². The van der Waals surface area contributed by atoms with E-state index in [2.05, 4.69) is 27.1 Å². The Morgan fingerprint density at radius 3 is 2.41 bits per heavy atom. The van der Waals surface area contributed by atoms with Crippen molar-refractivity contribution in [2.24, 2.45) is 12.8 Å². The lowest BCUT2D eigenvalue weighted by Crippen LogP contribution is -2.47. The van der Waals surface area contributed by atoms with Gasteiger partial charge in [-0.3, -0.25) is 18.9 Å². The maximum Gasteiger partial charge on any atom is 0.281 e. The summed E-state index contributed by atoms with van der Waals surface area (Å²) in [5, 5.41) is 16.6. The molecular formula is C30H30Cl2N6O2S. The zero-order chi connectivity index (χ0) is 28.7. The van der Waals surface area contributed by atoms with Crippen LogP contribution in [0.1, 0.15) is 24.0 Å². The molecule has 0 amide bonds. The third kappa shape index (κ3) is 5.70. The molecular weight excluding hydrogens is 579 g/mol. The maximum atomic E-state index is 13.4. The van der Waals surface area contributed by atoms with Crippen LogP contribution < -0.4 is 11.3 Å². The number of likely N-dealkylation sites (tertiary alicyclic amines) is 1. The molecule has 5 aromatic rings. The van der Waals surface area contributed by atoms with E-state index in [1.807, 2.05) is 42.5 Å². The Morgan fingerprint density at radius 1 is 1.02 bits per heavy atom. The van der Waals surface area contributed by atoms with Gasteiger partial charge in [-0.1, -0.05) is 59.6 Å². The summed E-state index contributed by atoms with van der Waals surface area (Å²) in [7, 11) is 1.80. The molecule has 11 heteroatoms. The first-order valence-corrected chi connectivity index (χ1v) is 15.0. The van der Waals surface area contributed by atoms with Gasteiger partial charge < -0.3 is 10.8 Å². The van der Waals surface area contributed by atoms with Gasteiger partial charge in [-0.2, -0.15) is 5.10 Å². The molecule has 0 unspecified atom stereocenters. The molecule has 0 saturated carbocycles. The van der Waals surface area contributed by atoms with Crippen molar-refractivity contribution < 1.29 is 5.11 Å². The highest BCUT2D eigenvalue weighted by atomic mass is 35.5. The summed E-state index contributed by atoms with van der Waals surface area (Å²) in [6.45, 7) is 2.69. The second kappa shape index (κ2) is 11.3. The minimum absolute atomic E-state index is 0.165. The number of aromatic nitrogens is 4.